The predicted octanol–water partition coefficient (Wildman–Crippen LogP) is 1.64. The standard InChI is InChI=1S/C13H19NO3/c1-3-14-13(16)8-9-17-12-7-5-4-6-11(12)10(2)15/h4-7,10,15H,3,8-9H2,1-2H3,(H,14,16)/t10-/m1/s1. The van der Waals surface area contributed by atoms with Crippen molar-refractivity contribution in [1.82, 2.24) is 5.32 Å². The first kappa shape index (κ1) is 13.5. The van der Waals surface area contributed by atoms with E-state index in [1.165, 1.54) is 0 Å². The molecule has 0 spiro atoms. The molecule has 1 rings (SSSR count). The van der Waals surface area contributed by atoms with E-state index in [4.69, 9.17) is 4.74 Å². The molecule has 0 aliphatic carbocycles. The molecule has 0 bridgehead atoms. The van der Waals surface area contributed by atoms with Gasteiger partial charge in [0.2, 0.25) is 5.91 Å². The number of nitrogens with one attached hydrogen (secondary N) is 1. The zero-order valence-corrected chi connectivity index (χ0v) is 10.3. The monoisotopic (exact) mass is 237 g/mol. The van der Waals surface area contributed by atoms with Crippen LogP contribution < -0.4 is 10.1 Å². The molecule has 0 heterocycles. The summed E-state index contributed by atoms with van der Waals surface area (Å²) in [6.45, 7) is 4.51. The molecule has 0 aliphatic rings. The molecule has 0 aromatic heterocycles. The zero-order chi connectivity index (χ0) is 12.7. The highest BCUT2D eigenvalue weighted by molar-refractivity contribution is 5.75. The number of rotatable bonds is 6. The van der Waals surface area contributed by atoms with E-state index < -0.39 is 6.10 Å². The van der Waals surface area contributed by atoms with Crippen molar-refractivity contribution in [2.45, 2.75) is 26.4 Å². The van der Waals surface area contributed by atoms with Crippen LogP contribution in [0.15, 0.2) is 24.3 Å². The molecule has 1 aromatic carbocycles. The van der Waals surface area contributed by atoms with Crippen molar-refractivity contribution in [3.8, 4) is 5.75 Å². The predicted molar refractivity (Wildman–Crippen MR) is 65.9 cm³/mol. The number of benzene rings is 1. The summed E-state index contributed by atoms with van der Waals surface area (Å²) in [6.07, 6.45) is -0.252. The number of hydrogen-bond acceptors (Lipinski definition) is 3. The van der Waals surface area contributed by atoms with E-state index in [1.54, 1.807) is 13.0 Å². The second-order valence-electron chi connectivity index (χ2n) is 3.77. The molecular weight excluding hydrogens is 218 g/mol. The first-order chi connectivity index (χ1) is 8.15. The maximum atomic E-state index is 11.2. The smallest absolute Gasteiger partial charge is 0.223 e. The van der Waals surface area contributed by atoms with Crippen molar-refractivity contribution >= 4 is 5.91 Å². The minimum Gasteiger partial charge on any atom is -0.493 e. The summed E-state index contributed by atoms with van der Waals surface area (Å²) in [5.41, 5.74) is 0.739. The molecule has 0 saturated carbocycles. The summed E-state index contributed by atoms with van der Waals surface area (Å²) < 4.78 is 5.49. The van der Waals surface area contributed by atoms with Crippen molar-refractivity contribution in [1.29, 1.82) is 0 Å². The van der Waals surface area contributed by atoms with Crippen LogP contribution in [0.2, 0.25) is 0 Å². The van der Waals surface area contributed by atoms with Gasteiger partial charge in [0, 0.05) is 12.1 Å². The van der Waals surface area contributed by atoms with Crippen molar-refractivity contribution in [3.63, 3.8) is 0 Å². The highest BCUT2D eigenvalue weighted by Gasteiger charge is 2.08. The van der Waals surface area contributed by atoms with Gasteiger partial charge >= 0.3 is 0 Å². The number of carbonyl (C=O) groups is 1. The highest BCUT2D eigenvalue weighted by atomic mass is 16.5. The third-order valence-corrected chi connectivity index (χ3v) is 2.33. The van der Waals surface area contributed by atoms with Crippen LogP contribution in [-0.2, 0) is 4.79 Å². The minimum absolute atomic E-state index is 0.0259. The molecule has 0 saturated heterocycles. The third kappa shape index (κ3) is 4.44. The Bertz CT molecular complexity index is 363. The SMILES string of the molecule is CCNC(=O)CCOc1ccccc1[C@@H](C)O. The fourth-order valence-corrected chi connectivity index (χ4v) is 1.50. The van der Waals surface area contributed by atoms with Crippen molar-refractivity contribution in [3.05, 3.63) is 29.8 Å². The van der Waals surface area contributed by atoms with Crippen molar-refractivity contribution < 1.29 is 14.6 Å². The summed E-state index contributed by atoms with van der Waals surface area (Å²) in [6, 6.07) is 7.29. The van der Waals surface area contributed by atoms with Crippen LogP contribution in [0.3, 0.4) is 0 Å². The first-order valence-electron chi connectivity index (χ1n) is 5.81. The number of hydrogen-bond donors (Lipinski definition) is 2. The van der Waals surface area contributed by atoms with E-state index in [1.807, 2.05) is 25.1 Å². The van der Waals surface area contributed by atoms with Gasteiger partial charge in [-0.1, -0.05) is 18.2 Å². The van der Waals surface area contributed by atoms with Gasteiger partial charge in [-0.3, -0.25) is 4.79 Å². The zero-order valence-electron chi connectivity index (χ0n) is 10.3. The summed E-state index contributed by atoms with van der Waals surface area (Å²) >= 11 is 0. The Morgan fingerprint density at radius 1 is 1.47 bits per heavy atom. The Morgan fingerprint density at radius 2 is 2.18 bits per heavy atom. The van der Waals surface area contributed by atoms with Crippen LogP contribution in [0.25, 0.3) is 0 Å². The van der Waals surface area contributed by atoms with E-state index in [0.29, 0.717) is 25.3 Å². The number of ether oxygens (including phenoxy) is 1. The van der Waals surface area contributed by atoms with Gasteiger partial charge in [-0.2, -0.15) is 0 Å². The fraction of sp³-hybridized carbons (Fsp3) is 0.462. The molecule has 1 atom stereocenters. The third-order valence-electron chi connectivity index (χ3n) is 2.33. The maximum absolute atomic E-state index is 11.2. The molecule has 1 aromatic rings. The highest BCUT2D eigenvalue weighted by Crippen LogP contribution is 2.24. The van der Waals surface area contributed by atoms with Crippen LogP contribution in [0.5, 0.6) is 5.75 Å². The van der Waals surface area contributed by atoms with Gasteiger partial charge in [-0.25, -0.2) is 0 Å². The largest absolute Gasteiger partial charge is 0.493 e. The second kappa shape index (κ2) is 6.91. The van der Waals surface area contributed by atoms with Crippen LogP contribution in [0.4, 0.5) is 0 Å². The van der Waals surface area contributed by atoms with Gasteiger partial charge in [0.1, 0.15) is 5.75 Å². The molecule has 0 aliphatic heterocycles. The van der Waals surface area contributed by atoms with Gasteiger partial charge < -0.3 is 15.2 Å². The average Bonchev–Trinajstić information content (AvgIpc) is 2.30. The molecule has 94 valence electrons. The van der Waals surface area contributed by atoms with Gasteiger partial charge in [0.15, 0.2) is 0 Å². The summed E-state index contributed by atoms with van der Waals surface area (Å²) in [4.78, 5) is 11.2. The number of amides is 1. The van der Waals surface area contributed by atoms with Crippen molar-refractivity contribution in [2.75, 3.05) is 13.2 Å². The van der Waals surface area contributed by atoms with Crippen LogP contribution >= 0.6 is 0 Å². The lowest BCUT2D eigenvalue weighted by Gasteiger charge is -2.12. The molecule has 4 nitrogen and oxygen atoms in total. The Balaban J connectivity index is 2.49. The van der Waals surface area contributed by atoms with E-state index in [-0.39, 0.29) is 5.91 Å². The Labute approximate surface area is 102 Å². The molecule has 1 amide bonds. The summed E-state index contributed by atoms with van der Waals surface area (Å²) in [7, 11) is 0. The molecule has 0 fully saturated rings. The molecule has 17 heavy (non-hydrogen) atoms. The number of aliphatic hydroxyl groups is 1. The summed E-state index contributed by atoms with van der Waals surface area (Å²) in [5, 5.41) is 12.2. The van der Waals surface area contributed by atoms with Crippen LogP contribution in [-0.4, -0.2) is 24.2 Å². The molecule has 0 unspecified atom stereocenters. The van der Waals surface area contributed by atoms with E-state index >= 15 is 0 Å². The number of aliphatic hydroxyl groups excluding tert-OH is 1. The Kier molecular flexibility index (Phi) is 5.49. The van der Waals surface area contributed by atoms with Crippen LogP contribution in [0.1, 0.15) is 31.9 Å². The molecule has 4 heteroatoms. The number of para-hydroxylation sites is 1. The topological polar surface area (TPSA) is 58.6 Å². The van der Waals surface area contributed by atoms with Crippen LogP contribution in [0, 0.1) is 0 Å². The maximum Gasteiger partial charge on any atom is 0.223 e. The molecule has 2 N–H and O–H groups in total. The molecule has 0 radical (unpaired) electrons. The minimum atomic E-state index is -0.573. The lowest BCUT2D eigenvalue weighted by molar-refractivity contribution is -0.121. The average molecular weight is 237 g/mol. The number of carbonyl (C=O) groups excluding carboxylic acids is 1. The Hall–Kier alpha value is -1.55. The quantitative estimate of drug-likeness (QED) is 0.791. The van der Waals surface area contributed by atoms with Gasteiger partial charge in [0.25, 0.3) is 0 Å². The van der Waals surface area contributed by atoms with E-state index in [0.717, 1.165) is 5.56 Å². The normalized spacial score (nSPS) is 11.9. The summed E-state index contributed by atoms with van der Waals surface area (Å²) in [5.74, 6) is 0.605. The second-order valence-corrected chi connectivity index (χ2v) is 3.77. The van der Waals surface area contributed by atoms with Gasteiger partial charge in [-0.05, 0) is 19.9 Å². The van der Waals surface area contributed by atoms with Gasteiger partial charge in [0.05, 0.1) is 19.1 Å². The lowest BCUT2D eigenvalue weighted by Crippen LogP contribution is -2.24. The Morgan fingerprint density at radius 3 is 2.82 bits per heavy atom. The van der Waals surface area contributed by atoms with E-state index in [2.05, 4.69) is 5.32 Å². The van der Waals surface area contributed by atoms with Crippen molar-refractivity contribution in [2.24, 2.45) is 0 Å². The van der Waals surface area contributed by atoms with E-state index in [9.17, 15) is 9.90 Å². The fourth-order valence-electron chi connectivity index (χ4n) is 1.50. The lowest BCUT2D eigenvalue weighted by atomic mass is 10.1. The van der Waals surface area contributed by atoms with Gasteiger partial charge in [-0.15, -0.1) is 0 Å². The first-order valence-corrected chi connectivity index (χ1v) is 5.81. The molecular formula is C13H19NO3.